The Morgan fingerprint density at radius 3 is 2.31 bits per heavy atom. The minimum atomic E-state index is -4.02. The van der Waals surface area contributed by atoms with Crippen LogP contribution in [0.2, 0.25) is 5.02 Å². The fourth-order valence-corrected chi connectivity index (χ4v) is 8.07. The third kappa shape index (κ3) is 6.26. The van der Waals surface area contributed by atoms with E-state index in [4.69, 9.17) is 11.6 Å². The quantitative estimate of drug-likeness (QED) is 0.373. The maximum absolute atomic E-state index is 13.7. The Morgan fingerprint density at radius 2 is 1.72 bits per heavy atom. The van der Waals surface area contributed by atoms with Crippen LogP contribution in [-0.4, -0.2) is 53.4 Å². The maximum atomic E-state index is 13.7. The highest BCUT2D eigenvalue weighted by Crippen LogP contribution is 2.52. The fourth-order valence-electron chi connectivity index (χ4n) is 5.67. The molecule has 2 aliphatic rings. The minimum Gasteiger partial charge on any atom is -0.390 e. The molecule has 2 aromatic rings. The van der Waals surface area contributed by atoms with Crippen molar-refractivity contribution in [3.05, 3.63) is 58.6 Å². The van der Waals surface area contributed by atoms with Crippen LogP contribution in [0.15, 0.2) is 41.3 Å². The summed E-state index contributed by atoms with van der Waals surface area (Å²) in [5, 5.41) is 25.4. The lowest BCUT2D eigenvalue weighted by Crippen LogP contribution is -2.55. The summed E-state index contributed by atoms with van der Waals surface area (Å²) >= 11 is 6.27. The molecule has 2 amide bonds. The summed E-state index contributed by atoms with van der Waals surface area (Å²) in [4.78, 5) is 24.7. The van der Waals surface area contributed by atoms with Gasteiger partial charge in [0.25, 0.3) is 5.91 Å². The Hall–Kier alpha value is -2.60. The largest absolute Gasteiger partial charge is 0.390 e. The van der Waals surface area contributed by atoms with E-state index in [1.54, 1.807) is 0 Å². The van der Waals surface area contributed by atoms with E-state index in [2.05, 4.69) is 10.6 Å². The van der Waals surface area contributed by atoms with Gasteiger partial charge < -0.3 is 20.8 Å². The van der Waals surface area contributed by atoms with Crippen molar-refractivity contribution >= 4 is 38.9 Å². The number of carbonyl (C=O) groups is 2. The molecular weight excluding hydrogens is 554 g/mol. The van der Waals surface area contributed by atoms with E-state index in [1.165, 1.54) is 32.0 Å². The molecule has 2 fully saturated rings. The number of halogens is 3. The lowest BCUT2D eigenvalue weighted by atomic mass is 9.74. The predicted octanol–water partition coefficient (Wildman–Crippen LogP) is 3.84. The van der Waals surface area contributed by atoms with E-state index in [0.29, 0.717) is 12.8 Å². The van der Waals surface area contributed by atoms with Crippen LogP contribution in [0.4, 0.5) is 14.5 Å². The van der Waals surface area contributed by atoms with Gasteiger partial charge in [0.15, 0.2) is 21.5 Å². The van der Waals surface area contributed by atoms with Crippen LogP contribution in [0.5, 0.6) is 0 Å². The van der Waals surface area contributed by atoms with Gasteiger partial charge in [-0.15, -0.1) is 0 Å². The number of hydrogen-bond acceptors (Lipinski definition) is 6. The Kier molecular flexibility index (Phi) is 8.11. The summed E-state index contributed by atoms with van der Waals surface area (Å²) in [7, 11) is -4.02. The van der Waals surface area contributed by atoms with Crippen molar-refractivity contribution in [1.82, 2.24) is 5.32 Å². The summed E-state index contributed by atoms with van der Waals surface area (Å²) in [5.74, 6) is -4.10. The van der Waals surface area contributed by atoms with Crippen LogP contribution >= 0.6 is 11.6 Å². The van der Waals surface area contributed by atoms with Crippen LogP contribution in [0.3, 0.4) is 0 Å². The molecule has 8 nitrogen and oxygen atoms in total. The topological polar surface area (TPSA) is 133 Å². The third-order valence-electron chi connectivity index (χ3n) is 7.65. The molecule has 0 saturated heterocycles. The highest BCUT2D eigenvalue weighted by molar-refractivity contribution is 7.92. The molecule has 0 heterocycles. The number of nitrogens with one attached hydrogen (secondary N) is 2. The number of benzene rings is 2. The van der Waals surface area contributed by atoms with Gasteiger partial charge in [0.1, 0.15) is 0 Å². The molecule has 2 aromatic carbocycles. The molecule has 0 aromatic heterocycles. The summed E-state index contributed by atoms with van der Waals surface area (Å²) < 4.78 is 54.1. The molecule has 2 atom stereocenters. The Labute approximate surface area is 230 Å². The molecule has 2 unspecified atom stereocenters. The number of anilines is 1. The lowest BCUT2D eigenvalue weighted by Gasteiger charge is -2.42. The Bertz CT molecular complexity index is 1380. The lowest BCUT2D eigenvalue weighted by molar-refractivity contribution is -0.128. The number of sulfone groups is 1. The molecule has 4 N–H and O–H groups in total. The first-order chi connectivity index (χ1) is 18.1. The van der Waals surface area contributed by atoms with Crippen molar-refractivity contribution < 1.29 is 37.0 Å². The molecular formula is C27H31ClF2N2O6S. The molecule has 2 aliphatic carbocycles. The first-order valence-corrected chi connectivity index (χ1v) is 14.5. The van der Waals surface area contributed by atoms with E-state index >= 15 is 0 Å². The van der Waals surface area contributed by atoms with Crippen molar-refractivity contribution in [3.8, 4) is 0 Å². The van der Waals surface area contributed by atoms with E-state index in [-0.39, 0.29) is 58.8 Å². The first kappa shape index (κ1) is 29.4. The second-order valence-electron chi connectivity index (χ2n) is 11.1. The summed E-state index contributed by atoms with van der Waals surface area (Å²) in [6.07, 6.45) is 1.36. The molecule has 0 radical (unpaired) electrons. The molecule has 2 bridgehead atoms. The number of hydrogen-bond donors (Lipinski definition) is 4. The van der Waals surface area contributed by atoms with E-state index in [1.807, 2.05) is 0 Å². The van der Waals surface area contributed by atoms with Crippen molar-refractivity contribution in [2.75, 3.05) is 11.9 Å². The number of carbonyl (C=O) groups excluding carboxylic acids is 2. The standard InChI is InChI=1S/C27H31ClF2N2O6S/c1-26(2,35)13-24(33)31-14-27(36)16-4-5-17(27)11-19(10-16)39(37,38)23-9-15(3-7-20(23)28)25(34)32-18-6-8-21(29)22(30)12-18/h3,6-9,12,16-17,19,35-36H,4-5,10-11,13-14H2,1-2H3,(H,31,33)(H,32,34)/t16?,17?,19-,27-. The van der Waals surface area contributed by atoms with Crippen LogP contribution in [0.25, 0.3) is 0 Å². The molecule has 0 aliphatic heterocycles. The molecule has 12 heteroatoms. The van der Waals surface area contributed by atoms with E-state index < -0.39 is 49.7 Å². The number of amides is 2. The second kappa shape index (κ2) is 10.8. The SMILES string of the molecule is CC(C)(O)CC(=O)NC[C@]1(O)C2CCC1C[C@@H](S(=O)(=O)c1cc(C(=O)Nc3ccc(F)c(F)c3)ccc1Cl)C2. The van der Waals surface area contributed by atoms with Gasteiger partial charge in [-0.2, -0.15) is 0 Å². The van der Waals surface area contributed by atoms with Crippen molar-refractivity contribution in [2.24, 2.45) is 11.8 Å². The molecule has 0 spiro atoms. The zero-order chi connectivity index (χ0) is 28.8. The van der Waals surface area contributed by atoms with Crippen molar-refractivity contribution in [1.29, 1.82) is 0 Å². The molecule has 4 rings (SSSR count). The van der Waals surface area contributed by atoms with Crippen LogP contribution in [0, 0.1) is 23.5 Å². The average Bonchev–Trinajstić information content (AvgIpc) is 3.00. The minimum absolute atomic E-state index is 0.00367. The van der Waals surface area contributed by atoms with Gasteiger partial charge in [0.2, 0.25) is 5.91 Å². The summed E-state index contributed by atoms with van der Waals surface area (Å²) in [6.45, 7) is 2.98. The third-order valence-corrected chi connectivity index (χ3v) is 10.3. The Morgan fingerprint density at radius 1 is 1.08 bits per heavy atom. The van der Waals surface area contributed by atoms with Gasteiger partial charge in [-0.25, -0.2) is 17.2 Å². The van der Waals surface area contributed by atoms with Gasteiger partial charge in [-0.05, 0) is 81.7 Å². The normalized spacial score (nSPS) is 24.8. The zero-order valence-corrected chi connectivity index (χ0v) is 23.1. The monoisotopic (exact) mass is 584 g/mol. The molecule has 212 valence electrons. The smallest absolute Gasteiger partial charge is 0.255 e. The first-order valence-electron chi connectivity index (χ1n) is 12.6. The summed E-state index contributed by atoms with van der Waals surface area (Å²) in [5.41, 5.74) is -2.50. The van der Waals surface area contributed by atoms with Gasteiger partial charge >= 0.3 is 0 Å². The number of rotatable bonds is 8. The predicted molar refractivity (Wildman–Crippen MR) is 141 cm³/mol. The van der Waals surface area contributed by atoms with Gasteiger partial charge in [0.05, 0.1) is 32.8 Å². The maximum Gasteiger partial charge on any atom is 0.255 e. The average molecular weight is 585 g/mol. The van der Waals surface area contributed by atoms with E-state index in [0.717, 1.165) is 18.2 Å². The van der Waals surface area contributed by atoms with Crippen molar-refractivity contribution in [2.45, 2.75) is 67.3 Å². The summed E-state index contributed by atoms with van der Waals surface area (Å²) in [6, 6.07) is 6.63. The van der Waals surface area contributed by atoms with Gasteiger partial charge in [-0.3, -0.25) is 9.59 Å². The zero-order valence-electron chi connectivity index (χ0n) is 21.5. The molecule has 39 heavy (non-hydrogen) atoms. The fraction of sp³-hybridized carbons (Fsp3) is 0.481. The second-order valence-corrected chi connectivity index (χ2v) is 13.7. The van der Waals surface area contributed by atoms with Crippen molar-refractivity contribution in [3.63, 3.8) is 0 Å². The highest BCUT2D eigenvalue weighted by atomic mass is 35.5. The van der Waals surface area contributed by atoms with Crippen LogP contribution in [-0.2, 0) is 14.6 Å². The number of fused-ring (bicyclic) bond motifs is 2. The van der Waals surface area contributed by atoms with Crippen LogP contribution < -0.4 is 10.6 Å². The van der Waals surface area contributed by atoms with Crippen LogP contribution in [0.1, 0.15) is 56.3 Å². The van der Waals surface area contributed by atoms with Gasteiger partial charge in [0, 0.05) is 23.9 Å². The number of aliphatic hydroxyl groups is 2. The van der Waals surface area contributed by atoms with E-state index in [9.17, 15) is 37.0 Å². The highest BCUT2D eigenvalue weighted by Gasteiger charge is 2.55. The Balaban J connectivity index is 1.50. The molecule has 2 saturated carbocycles. The van der Waals surface area contributed by atoms with Gasteiger partial charge in [-0.1, -0.05) is 11.6 Å².